The summed E-state index contributed by atoms with van der Waals surface area (Å²) < 4.78 is 15.9. The summed E-state index contributed by atoms with van der Waals surface area (Å²) in [6.07, 6.45) is 0. The molecule has 0 amide bonds. The van der Waals surface area contributed by atoms with Crippen molar-refractivity contribution in [2.45, 2.75) is 12.5 Å². The molecule has 2 aliphatic heterocycles. The van der Waals surface area contributed by atoms with Crippen molar-refractivity contribution in [3.8, 4) is 5.75 Å². The Kier molecular flexibility index (Phi) is 2.63. The number of epoxide rings is 1. The monoisotopic (exact) mass is 249 g/mol. The van der Waals surface area contributed by atoms with Gasteiger partial charge in [-0.05, 0) is 24.6 Å². The molecule has 0 spiro atoms. The summed E-state index contributed by atoms with van der Waals surface area (Å²) in [4.78, 5) is 11.9. The van der Waals surface area contributed by atoms with Gasteiger partial charge < -0.3 is 19.5 Å². The molecular formula is C13H15NO4. The van der Waals surface area contributed by atoms with E-state index in [4.69, 9.17) is 14.2 Å². The van der Waals surface area contributed by atoms with Gasteiger partial charge in [0.05, 0.1) is 18.9 Å². The third kappa shape index (κ3) is 1.71. The van der Waals surface area contributed by atoms with Gasteiger partial charge in [-0.1, -0.05) is 6.07 Å². The predicted octanol–water partition coefficient (Wildman–Crippen LogP) is 1.28. The minimum Gasteiger partial charge on any atom is -0.490 e. The second-order valence-electron chi connectivity index (χ2n) is 4.32. The first-order chi connectivity index (χ1) is 8.76. The van der Waals surface area contributed by atoms with Crippen molar-refractivity contribution < 1.29 is 19.0 Å². The van der Waals surface area contributed by atoms with Crippen LogP contribution in [0, 0.1) is 0 Å². The molecule has 2 heterocycles. The predicted molar refractivity (Wildman–Crippen MR) is 64.7 cm³/mol. The van der Waals surface area contributed by atoms with E-state index in [0.717, 1.165) is 23.5 Å². The number of benzene rings is 1. The fourth-order valence-corrected chi connectivity index (χ4v) is 2.11. The van der Waals surface area contributed by atoms with Crippen molar-refractivity contribution in [1.29, 1.82) is 0 Å². The van der Waals surface area contributed by atoms with Crippen LogP contribution in [-0.2, 0) is 19.9 Å². The third-order valence-corrected chi connectivity index (χ3v) is 3.16. The maximum Gasteiger partial charge on any atom is 0.345 e. The zero-order chi connectivity index (χ0) is 12.6. The Morgan fingerprint density at radius 3 is 3.11 bits per heavy atom. The molecule has 5 nitrogen and oxygen atoms in total. The fraction of sp³-hybridized carbons (Fsp3) is 0.462. The van der Waals surface area contributed by atoms with Crippen molar-refractivity contribution in [2.75, 3.05) is 31.7 Å². The Bertz CT molecular complexity index is 482. The Labute approximate surface area is 105 Å². The molecule has 1 atom stereocenters. The molecule has 1 fully saturated rings. The molecule has 0 aliphatic carbocycles. The van der Waals surface area contributed by atoms with Gasteiger partial charge in [0, 0.05) is 6.54 Å². The molecular weight excluding hydrogens is 234 g/mol. The van der Waals surface area contributed by atoms with Crippen molar-refractivity contribution in [3.05, 3.63) is 23.8 Å². The summed E-state index contributed by atoms with van der Waals surface area (Å²) in [6, 6.07) is 5.62. The number of ether oxygens (including phenoxy) is 3. The molecule has 1 aromatic carbocycles. The van der Waals surface area contributed by atoms with E-state index in [9.17, 15) is 4.79 Å². The lowest BCUT2D eigenvalue weighted by molar-refractivity contribution is -0.149. The van der Waals surface area contributed by atoms with Crippen molar-refractivity contribution in [3.63, 3.8) is 0 Å². The normalized spacial score (nSPS) is 24.5. The van der Waals surface area contributed by atoms with E-state index in [1.54, 1.807) is 6.92 Å². The highest BCUT2D eigenvalue weighted by Gasteiger charge is 2.55. The SMILES string of the molecule is CCOC(=O)C1(c2ccc3c(c2)NCCO3)CO1. The van der Waals surface area contributed by atoms with E-state index in [2.05, 4.69) is 5.32 Å². The van der Waals surface area contributed by atoms with Gasteiger partial charge in [0.15, 0.2) is 0 Å². The molecule has 2 aliphatic rings. The molecule has 1 unspecified atom stereocenters. The number of fused-ring (bicyclic) bond motifs is 1. The highest BCUT2D eigenvalue weighted by atomic mass is 16.6. The first-order valence-corrected chi connectivity index (χ1v) is 6.08. The number of nitrogens with one attached hydrogen (secondary N) is 1. The number of anilines is 1. The summed E-state index contributed by atoms with van der Waals surface area (Å²) in [5.41, 5.74) is 0.820. The summed E-state index contributed by atoms with van der Waals surface area (Å²) in [5.74, 6) is 0.492. The first kappa shape index (κ1) is 11.3. The second-order valence-corrected chi connectivity index (χ2v) is 4.32. The van der Waals surface area contributed by atoms with Crippen LogP contribution in [0.25, 0.3) is 0 Å². The summed E-state index contributed by atoms with van der Waals surface area (Å²) in [7, 11) is 0. The maximum atomic E-state index is 11.9. The Morgan fingerprint density at radius 2 is 2.39 bits per heavy atom. The lowest BCUT2D eigenvalue weighted by atomic mass is 9.99. The van der Waals surface area contributed by atoms with E-state index in [1.807, 2.05) is 18.2 Å². The van der Waals surface area contributed by atoms with E-state index >= 15 is 0 Å². The van der Waals surface area contributed by atoms with E-state index < -0.39 is 5.60 Å². The van der Waals surface area contributed by atoms with Crippen LogP contribution in [-0.4, -0.2) is 32.3 Å². The maximum absolute atomic E-state index is 11.9. The number of hydrogen-bond donors (Lipinski definition) is 1. The molecule has 96 valence electrons. The summed E-state index contributed by atoms with van der Waals surface area (Å²) >= 11 is 0. The van der Waals surface area contributed by atoms with Crippen molar-refractivity contribution in [2.24, 2.45) is 0 Å². The van der Waals surface area contributed by atoms with E-state index in [-0.39, 0.29) is 5.97 Å². The number of rotatable bonds is 3. The van der Waals surface area contributed by atoms with Crippen LogP contribution in [0.4, 0.5) is 5.69 Å². The molecule has 0 radical (unpaired) electrons. The molecule has 3 rings (SSSR count). The largest absolute Gasteiger partial charge is 0.490 e. The first-order valence-electron chi connectivity index (χ1n) is 6.08. The molecule has 1 aromatic rings. The van der Waals surface area contributed by atoms with Gasteiger partial charge in [0.2, 0.25) is 5.60 Å². The molecule has 0 aromatic heterocycles. The van der Waals surface area contributed by atoms with Gasteiger partial charge in [0.25, 0.3) is 0 Å². The Hall–Kier alpha value is -1.75. The number of hydrogen-bond acceptors (Lipinski definition) is 5. The zero-order valence-corrected chi connectivity index (χ0v) is 10.2. The molecule has 18 heavy (non-hydrogen) atoms. The number of carbonyl (C=O) groups is 1. The van der Waals surface area contributed by atoms with Crippen LogP contribution in [0.2, 0.25) is 0 Å². The standard InChI is InChI=1S/C13H15NO4/c1-2-16-12(15)13(8-18-13)9-3-4-11-10(7-9)14-5-6-17-11/h3-4,7,14H,2,5-6,8H2,1H3. The second kappa shape index (κ2) is 4.17. The topological polar surface area (TPSA) is 60.1 Å². The highest BCUT2D eigenvalue weighted by Crippen LogP contribution is 2.42. The summed E-state index contributed by atoms with van der Waals surface area (Å²) in [5, 5.41) is 3.24. The van der Waals surface area contributed by atoms with Gasteiger partial charge in [-0.3, -0.25) is 0 Å². The minimum atomic E-state index is -0.899. The minimum absolute atomic E-state index is 0.318. The average Bonchev–Trinajstić information content (AvgIpc) is 3.20. The van der Waals surface area contributed by atoms with Crippen LogP contribution < -0.4 is 10.1 Å². The van der Waals surface area contributed by atoms with Gasteiger partial charge in [-0.2, -0.15) is 0 Å². The molecule has 5 heteroatoms. The lowest BCUT2D eigenvalue weighted by Crippen LogP contribution is -2.25. The average molecular weight is 249 g/mol. The molecule has 0 bridgehead atoms. The zero-order valence-electron chi connectivity index (χ0n) is 10.2. The van der Waals surface area contributed by atoms with Crippen LogP contribution >= 0.6 is 0 Å². The molecule has 1 saturated heterocycles. The number of carbonyl (C=O) groups excluding carboxylic acids is 1. The van der Waals surface area contributed by atoms with E-state index in [0.29, 0.717) is 19.8 Å². The third-order valence-electron chi connectivity index (χ3n) is 3.16. The van der Waals surface area contributed by atoms with Crippen molar-refractivity contribution >= 4 is 11.7 Å². The van der Waals surface area contributed by atoms with Gasteiger partial charge in [-0.15, -0.1) is 0 Å². The van der Waals surface area contributed by atoms with Crippen LogP contribution in [0.5, 0.6) is 5.75 Å². The fourth-order valence-electron chi connectivity index (χ4n) is 2.11. The lowest BCUT2D eigenvalue weighted by Gasteiger charge is -2.20. The van der Waals surface area contributed by atoms with Gasteiger partial charge in [-0.25, -0.2) is 4.79 Å². The highest BCUT2D eigenvalue weighted by molar-refractivity contribution is 5.85. The molecule has 0 saturated carbocycles. The van der Waals surface area contributed by atoms with Crippen molar-refractivity contribution in [1.82, 2.24) is 0 Å². The van der Waals surface area contributed by atoms with Crippen LogP contribution in [0.3, 0.4) is 0 Å². The Morgan fingerprint density at radius 1 is 1.56 bits per heavy atom. The van der Waals surface area contributed by atoms with Crippen LogP contribution in [0.1, 0.15) is 12.5 Å². The molecule has 1 N–H and O–H groups in total. The summed E-state index contributed by atoms with van der Waals surface area (Å²) in [6.45, 7) is 3.95. The van der Waals surface area contributed by atoms with Gasteiger partial charge >= 0.3 is 5.97 Å². The quantitative estimate of drug-likeness (QED) is 0.646. The number of esters is 1. The van der Waals surface area contributed by atoms with Gasteiger partial charge in [0.1, 0.15) is 12.4 Å². The Balaban J connectivity index is 1.90. The smallest absolute Gasteiger partial charge is 0.345 e. The van der Waals surface area contributed by atoms with Crippen LogP contribution in [0.15, 0.2) is 18.2 Å². The van der Waals surface area contributed by atoms with E-state index in [1.165, 1.54) is 0 Å².